The van der Waals surface area contributed by atoms with E-state index in [9.17, 15) is 5.11 Å². The van der Waals surface area contributed by atoms with Gasteiger partial charge in [-0.15, -0.1) is 0 Å². The molecule has 2 heteroatoms. The predicted octanol–water partition coefficient (Wildman–Crippen LogP) is 2.66. The molecule has 4 unspecified atom stereocenters. The van der Waals surface area contributed by atoms with Crippen LogP contribution in [0.4, 0.5) is 0 Å². The van der Waals surface area contributed by atoms with Gasteiger partial charge in [0.2, 0.25) is 0 Å². The van der Waals surface area contributed by atoms with Crippen LogP contribution in [-0.4, -0.2) is 34.7 Å². The third kappa shape index (κ3) is 1.94. The minimum atomic E-state index is -0.115. The molecule has 0 aromatic rings. The summed E-state index contributed by atoms with van der Waals surface area (Å²) in [5, 5.41) is 10.8. The summed E-state index contributed by atoms with van der Waals surface area (Å²) in [6, 6.07) is 0. The maximum atomic E-state index is 10.8. The first-order valence-electron chi connectivity index (χ1n) is 7.52. The number of aliphatic hydroxyl groups excluding tert-OH is 1. The summed E-state index contributed by atoms with van der Waals surface area (Å²) in [7, 11) is 0. The molecule has 3 fully saturated rings. The molecular formula is C15H27NO. The van der Waals surface area contributed by atoms with Crippen molar-refractivity contribution in [2.75, 3.05) is 13.1 Å². The van der Waals surface area contributed by atoms with Gasteiger partial charge in [0.1, 0.15) is 0 Å². The van der Waals surface area contributed by atoms with Crippen molar-refractivity contribution in [2.45, 2.75) is 64.0 Å². The van der Waals surface area contributed by atoms with Crippen molar-refractivity contribution in [1.29, 1.82) is 0 Å². The number of hydrogen-bond acceptors (Lipinski definition) is 2. The van der Waals surface area contributed by atoms with Gasteiger partial charge in [-0.1, -0.05) is 6.42 Å². The van der Waals surface area contributed by atoms with E-state index in [2.05, 4.69) is 18.7 Å². The fraction of sp³-hybridized carbons (Fsp3) is 1.00. The van der Waals surface area contributed by atoms with Crippen molar-refractivity contribution < 1.29 is 5.11 Å². The number of likely N-dealkylation sites (tertiary alicyclic amines) is 1. The SMILES string of the molecule is CC(C)(C(O)C1CC2CCC1C2)N1CCCC1. The zero-order chi connectivity index (χ0) is 12.0. The Morgan fingerprint density at radius 2 is 1.82 bits per heavy atom. The molecule has 3 aliphatic rings. The van der Waals surface area contributed by atoms with Crippen LogP contribution >= 0.6 is 0 Å². The lowest BCUT2D eigenvalue weighted by molar-refractivity contribution is -0.0468. The molecule has 0 amide bonds. The van der Waals surface area contributed by atoms with Crippen molar-refractivity contribution in [3.63, 3.8) is 0 Å². The third-order valence-electron chi connectivity index (χ3n) is 5.84. The molecule has 0 aromatic heterocycles. The quantitative estimate of drug-likeness (QED) is 0.815. The number of aliphatic hydroxyl groups is 1. The summed E-state index contributed by atoms with van der Waals surface area (Å²) in [4.78, 5) is 2.52. The minimum absolute atomic E-state index is 0.00829. The maximum absolute atomic E-state index is 10.8. The van der Waals surface area contributed by atoms with E-state index in [1.54, 1.807) is 0 Å². The van der Waals surface area contributed by atoms with Crippen molar-refractivity contribution in [3.05, 3.63) is 0 Å². The van der Waals surface area contributed by atoms with Gasteiger partial charge >= 0.3 is 0 Å². The number of nitrogens with zero attached hydrogens (tertiary/aromatic N) is 1. The number of rotatable bonds is 3. The first kappa shape index (κ1) is 12.0. The van der Waals surface area contributed by atoms with Gasteiger partial charge in [0, 0.05) is 5.54 Å². The molecule has 0 radical (unpaired) electrons. The second-order valence-electron chi connectivity index (χ2n) is 7.13. The highest BCUT2D eigenvalue weighted by Gasteiger charge is 2.48. The topological polar surface area (TPSA) is 23.5 Å². The van der Waals surface area contributed by atoms with Crippen LogP contribution in [0.2, 0.25) is 0 Å². The fourth-order valence-corrected chi connectivity index (χ4v) is 4.69. The van der Waals surface area contributed by atoms with E-state index in [1.165, 1.54) is 51.6 Å². The van der Waals surface area contributed by atoms with Gasteiger partial charge in [-0.05, 0) is 76.8 Å². The molecule has 1 heterocycles. The van der Waals surface area contributed by atoms with Crippen LogP contribution in [0.5, 0.6) is 0 Å². The largest absolute Gasteiger partial charge is 0.391 e. The Morgan fingerprint density at radius 1 is 1.12 bits per heavy atom. The number of hydrogen-bond donors (Lipinski definition) is 1. The van der Waals surface area contributed by atoms with Crippen molar-refractivity contribution in [1.82, 2.24) is 4.90 Å². The van der Waals surface area contributed by atoms with Crippen LogP contribution in [0.1, 0.15) is 52.4 Å². The molecule has 2 bridgehead atoms. The molecular weight excluding hydrogens is 210 g/mol. The smallest absolute Gasteiger partial charge is 0.0749 e. The molecule has 4 atom stereocenters. The van der Waals surface area contributed by atoms with Crippen LogP contribution in [-0.2, 0) is 0 Å². The molecule has 2 saturated carbocycles. The second kappa shape index (κ2) is 4.24. The van der Waals surface area contributed by atoms with E-state index in [1.807, 2.05) is 0 Å². The highest BCUT2D eigenvalue weighted by Crippen LogP contribution is 2.51. The first-order chi connectivity index (χ1) is 8.09. The van der Waals surface area contributed by atoms with Crippen LogP contribution in [0.3, 0.4) is 0 Å². The number of fused-ring (bicyclic) bond motifs is 2. The molecule has 1 aliphatic heterocycles. The molecule has 1 saturated heterocycles. The first-order valence-corrected chi connectivity index (χ1v) is 7.52. The van der Waals surface area contributed by atoms with Gasteiger partial charge in [-0.25, -0.2) is 0 Å². The highest BCUT2D eigenvalue weighted by molar-refractivity contribution is 5.01. The molecule has 2 nitrogen and oxygen atoms in total. The Bertz CT molecular complexity index is 283. The van der Waals surface area contributed by atoms with E-state index < -0.39 is 0 Å². The summed E-state index contributed by atoms with van der Waals surface area (Å²) < 4.78 is 0. The fourth-order valence-electron chi connectivity index (χ4n) is 4.69. The highest BCUT2D eigenvalue weighted by atomic mass is 16.3. The molecule has 0 aromatic carbocycles. The Balaban J connectivity index is 1.70. The van der Waals surface area contributed by atoms with Crippen molar-refractivity contribution in [2.24, 2.45) is 17.8 Å². The zero-order valence-electron chi connectivity index (χ0n) is 11.4. The molecule has 3 rings (SSSR count). The van der Waals surface area contributed by atoms with Crippen LogP contribution in [0, 0.1) is 17.8 Å². The van der Waals surface area contributed by atoms with Crippen molar-refractivity contribution >= 4 is 0 Å². The van der Waals surface area contributed by atoms with E-state index in [-0.39, 0.29) is 11.6 Å². The lowest BCUT2D eigenvalue weighted by atomic mass is 9.77. The summed E-state index contributed by atoms with van der Waals surface area (Å²) in [5.74, 6) is 2.36. The van der Waals surface area contributed by atoms with E-state index >= 15 is 0 Å². The van der Waals surface area contributed by atoms with Gasteiger partial charge in [0.15, 0.2) is 0 Å². The van der Waals surface area contributed by atoms with Gasteiger partial charge in [-0.2, -0.15) is 0 Å². The van der Waals surface area contributed by atoms with E-state index in [0.717, 1.165) is 11.8 Å². The van der Waals surface area contributed by atoms with E-state index in [4.69, 9.17) is 0 Å². The van der Waals surface area contributed by atoms with Gasteiger partial charge in [0.25, 0.3) is 0 Å². The Morgan fingerprint density at radius 3 is 2.35 bits per heavy atom. The lowest BCUT2D eigenvalue weighted by Crippen LogP contribution is -2.54. The Kier molecular flexibility index (Phi) is 2.99. The molecule has 17 heavy (non-hydrogen) atoms. The van der Waals surface area contributed by atoms with Crippen LogP contribution < -0.4 is 0 Å². The molecule has 2 aliphatic carbocycles. The normalized spacial score (nSPS) is 40.1. The average molecular weight is 237 g/mol. The summed E-state index contributed by atoms with van der Waals surface area (Å²) in [6.45, 7) is 6.89. The van der Waals surface area contributed by atoms with Gasteiger partial charge in [-0.3, -0.25) is 4.90 Å². The Labute approximate surface area is 105 Å². The molecule has 98 valence electrons. The standard InChI is InChI=1S/C15H27NO/c1-15(2,16-7-3-4-8-16)14(17)13-10-11-5-6-12(13)9-11/h11-14,17H,3-10H2,1-2H3. The average Bonchev–Trinajstić information content (AvgIpc) is 3.03. The maximum Gasteiger partial charge on any atom is 0.0749 e. The van der Waals surface area contributed by atoms with Crippen LogP contribution in [0.15, 0.2) is 0 Å². The minimum Gasteiger partial charge on any atom is -0.391 e. The van der Waals surface area contributed by atoms with Gasteiger partial charge in [0.05, 0.1) is 6.10 Å². The summed E-state index contributed by atoms with van der Waals surface area (Å²) >= 11 is 0. The van der Waals surface area contributed by atoms with Crippen LogP contribution in [0.25, 0.3) is 0 Å². The molecule has 1 N–H and O–H groups in total. The van der Waals surface area contributed by atoms with E-state index in [0.29, 0.717) is 5.92 Å². The second-order valence-corrected chi connectivity index (χ2v) is 7.13. The Hall–Kier alpha value is -0.0800. The predicted molar refractivity (Wildman–Crippen MR) is 69.8 cm³/mol. The third-order valence-corrected chi connectivity index (χ3v) is 5.84. The molecule has 0 spiro atoms. The summed E-state index contributed by atoms with van der Waals surface area (Å²) in [5.41, 5.74) is -0.00829. The monoisotopic (exact) mass is 237 g/mol. The van der Waals surface area contributed by atoms with Gasteiger partial charge < -0.3 is 5.11 Å². The van der Waals surface area contributed by atoms with Crippen molar-refractivity contribution in [3.8, 4) is 0 Å². The summed E-state index contributed by atoms with van der Waals surface area (Å²) in [6.07, 6.45) is 8.01. The lowest BCUT2D eigenvalue weighted by Gasteiger charge is -2.44. The zero-order valence-corrected chi connectivity index (χ0v) is 11.4.